The van der Waals surface area contributed by atoms with Gasteiger partial charge in [-0.25, -0.2) is 0 Å². The molecule has 5 nitrogen and oxygen atoms in total. The van der Waals surface area contributed by atoms with Crippen LogP contribution >= 0.6 is 0 Å². The largest absolute Gasteiger partial charge is 0.496 e. The number of hydrogen-bond donors (Lipinski definition) is 2. The standard InChI is InChI=1S/C15H19NO4/c1-4-7-16-12(9-14(17)18)15(19)11-8-10(2)5-6-13(11)20-3/h4-6,8,12,16H,1,7,9H2,2-3H3,(H,17,18). The molecule has 1 aromatic carbocycles. The minimum Gasteiger partial charge on any atom is -0.496 e. The van der Waals surface area contributed by atoms with Crippen LogP contribution in [0.1, 0.15) is 22.3 Å². The Kier molecular flexibility index (Phi) is 5.93. The highest BCUT2D eigenvalue weighted by Gasteiger charge is 2.24. The molecule has 0 radical (unpaired) electrons. The van der Waals surface area contributed by atoms with Gasteiger partial charge < -0.3 is 15.2 Å². The van der Waals surface area contributed by atoms with Gasteiger partial charge in [0.2, 0.25) is 0 Å². The summed E-state index contributed by atoms with van der Waals surface area (Å²) in [6.07, 6.45) is 1.29. The highest BCUT2D eigenvalue weighted by molar-refractivity contribution is 6.04. The molecule has 0 saturated carbocycles. The summed E-state index contributed by atoms with van der Waals surface area (Å²) >= 11 is 0. The monoisotopic (exact) mass is 277 g/mol. The van der Waals surface area contributed by atoms with Crippen molar-refractivity contribution in [3.05, 3.63) is 42.0 Å². The van der Waals surface area contributed by atoms with Crippen molar-refractivity contribution < 1.29 is 19.4 Å². The highest BCUT2D eigenvalue weighted by atomic mass is 16.5. The summed E-state index contributed by atoms with van der Waals surface area (Å²) in [6, 6.07) is 4.43. The number of aliphatic carboxylic acids is 1. The summed E-state index contributed by atoms with van der Waals surface area (Å²) in [4.78, 5) is 23.4. The minimum atomic E-state index is -1.04. The van der Waals surface area contributed by atoms with Gasteiger partial charge in [-0.05, 0) is 19.1 Å². The van der Waals surface area contributed by atoms with E-state index in [-0.39, 0.29) is 12.2 Å². The molecule has 0 saturated heterocycles. The van der Waals surface area contributed by atoms with Gasteiger partial charge >= 0.3 is 5.97 Å². The van der Waals surface area contributed by atoms with Crippen molar-refractivity contribution in [1.29, 1.82) is 0 Å². The fraction of sp³-hybridized carbons (Fsp3) is 0.333. The maximum absolute atomic E-state index is 12.5. The molecule has 0 fully saturated rings. The van der Waals surface area contributed by atoms with Gasteiger partial charge in [-0.15, -0.1) is 6.58 Å². The number of methoxy groups -OCH3 is 1. The summed E-state index contributed by atoms with van der Waals surface area (Å²) in [5, 5.41) is 11.8. The number of nitrogens with one attached hydrogen (secondary N) is 1. The summed E-state index contributed by atoms with van der Waals surface area (Å²) in [5.74, 6) is -0.891. The van der Waals surface area contributed by atoms with Crippen LogP contribution in [0.4, 0.5) is 0 Å². The summed E-state index contributed by atoms with van der Waals surface area (Å²) in [5.41, 5.74) is 1.29. The van der Waals surface area contributed by atoms with E-state index in [9.17, 15) is 9.59 Å². The van der Waals surface area contributed by atoms with Crippen LogP contribution in [0.5, 0.6) is 5.75 Å². The van der Waals surface area contributed by atoms with Crippen molar-refractivity contribution in [2.75, 3.05) is 13.7 Å². The number of ether oxygens (including phenoxy) is 1. The molecule has 108 valence electrons. The fourth-order valence-electron chi connectivity index (χ4n) is 1.86. The Bertz CT molecular complexity index is 511. The predicted molar refractivity (Wildman–Crippen MR) is 76.3 cm³/mol. The van der Waals surface area contributed by atoms with Crippen molar-refractivity contribution in [2.24, 2.45) is 0 Å². The molecule has 0 aliphatic heterocycles. The quantitative estimate of drug-likeness (QED) is 0.560. The van der Waals surface area contributed by atoms with Gasteiger partial charge in [-0.3, -0.25) is 9.59 Å². The Balaban J connectivity index is 3.06. The van der Waals surface area contributed by atoms with E-state index in [0.717, 1.165) is 5.56 Å². The molecule has 1 rings (SSSR count). The number of ketones is 1. The molecule has 2 N–H and O–H groups in total. The average molecular weight is 277 g/mol. The van der Waals surface area contributed by atoms with E-state index in [0.29, 0.717) is 17.9 Å². The van der Waals surface area contributed by atoms with E-state index in [1.54, 1.807) is 18.2 Å². The van der Waals surface area contributed by atoms with E-state index >= 15 is 0 Å². The molecular weight excluding hydrogens is 258 g/mol. The first-order valence-electron chi connectivity index (χ1n) is 6.24. The van der Waals surface area contributed by atoms with E-state index in [1.807, 2.05) is 13.0 Å². The minimum absolute atomic E-state index is 0.288. The second-order valence-electron chi connectivity index (χ2n) is 4.42. The van der Waals surface area contributed by atoms with Gasteiger partial charge in [-0.1, -0.05) is 17.7 Å². The van der Waals surface area contributed by atoms with Gasteiger partial charge in [0.05, 0.1) is 25.1 Å². The first kappa shape index (κ1) is 15.9. The number of Topliss-reactive ketones (excluding diaryl/α,β-unsaturated/α-hetero) is 1. The van der Waals surface area contributed by atoms with Crippen molar-refractivity contribution in [3.8, 4) is 5.75 Å². The first-order chi connectivity index (χ1) is 9.49. The van der Waals surface area contributed by atoms with Crippen molar-refractivity contribution in [3.63, 3.8) is 0 Å². The molecule has 0 aliphatic rings. The van der Waals surface area contributed by atoms with Gasteiger partial charge in [0.1, 0.15) is 5.75 Å². The zero-order valence-electron chi connectivity index (χ0n) is 11.7. The van der Waals surface area contributed by atoms with Crippen LogP contribution in [0.3, 0.4) is 0 Å². The molecule has 1 atom stereocenters. The maximum atomic E-state index is 12.5. The second kappa shape index (κ2) is 7.45. The lowest BCUT2D eigenvalue weighted by Crippen LogP contribution is -2.39. The lowest BCUT2D eigenvalue weighted by atomic mass is 9.99. The predicted octanol–water partition coefficient (Wildman–Crippen LogP) is 1.81. The Morgan fingerprint density at radius 3 is 2.75 bits per heavy atom. The van der Waals surface area contributed by atoms with E-state index in [1.165, 1.54) is 7.11 Å². The lowest BCUT2D eigenvalue weighted by Gasteiger charge is -2.17. The van der Waals surface area contributed by atoms with E-state index < -0.39 is 12.0 Å². The van der Waals surface area contributed by atoms with Crippen LogP contribution in [0.2, 0.25) is 0 Å². The third-order valence-electron chi connectivity index (χ3n) is 2.82. The maximum Gasteiger partial charge on any atom is 0.305 e. The highest BCUT2D eigenvalue weighted by Crippen LogP contribution is 2.22. The van der Waals surface area contributed by atoms with Crippen LogP contribution < -0.4 is 10.1 Å². The van der Waals surface area contributed by atoms with Gasteiger partial charge in [-0.2, -0.15) is 0 Å². The van der Waals surface area contributed by atoms with Gasteiger partial charge in [0, 0.05) is 6.54 Å². The molecule has 1 aromatic rings. The Hall–Kier alpha value is -2.14. The van der Waals surface area contributed by atoms with Gasteiger partial charge in [0.25, 0.3) is 0 Å². The van der Waals surface area contributed by atoms with Crippen LogP contribution in [-0.4, -0.2) is 36.6 Å². The summed E-state index contributed by atoms with van der Waals surface area (Å²) in [7, 11) is 1.48. The van der Waals surface area contributed by atoms with E-state index in [2.05, 4.69) is 11.9 Å². The van der Waals surface area contributed by atoms with E-state index in [4.69, 9.17) is 9.84 Å². The van der Waals surface area contributed by atoms with Crippen LogP contribution in [0.25, 0.3) is 0 Å². The second-order valence-corrected chi connectivity index (χ2v) is 4.42. The topological polar surface area (TPSA) is 75.6 Å². The number of carbonyl (C=O) groups excluding carboxylic acids is 1. The molecule has 5 heteroatoms. The van der Waals surface area contributed by atoms with Crippen LogP contribution in [0.15, 0.2) is 30.9 Å². The molecule has 0 amide bonds. The molecule has 20 heavy (non-hydrogen) atoms. The first-order valence-corrected chi connectivity index (χ1v) is 6.24. The normalized spacial score (nSPS) is 11.7. The Morgan fingerprint density at radius 1 is 1.50 bits per heavy atom. The van der Waals surface area contributed by atoms with Crippen LogP contribution in [0, 0.1) is 6.92 Å². The average Bonchev–Trinajstić information content (AvgIpc) is 2.42. The number of carboxylic acid groups (broad SMARTS) is 1. The third kappa shape index (κ3) is 4.20. The van der Waals surface area contributed by atoms with Gasteiger partial charge in [0.15, 0.2) is 5.78 Å². The number of aryl methyl sites for hydroxylation is 1. The summed E-state index contributed by atoms with van der Waals surface area (Å²) in [6.45, 7) is 5.77. The molecule has 0 aromatic heterocycles. The number of hydrogen-bond acceptors (Lipinski definition) is 4. The molecule has 0 heterocycles. The number of benzene rings is 1. The third-order valence-corrected chi connectivity index (χ3v) is 2.82. The Morgan fingerprint density at radius 2 is 2.20 bits per heavy atom. The lowest BCUT2D eigenvalue weighted by molar-refractivity contribution is -0.137. The zero-order chi connectivity index (χ0) is 15.1. The van der Waals surface area contributed by atoms with Crippen molar-refractivity contribution in [2.45, 2.75) is 19.4 Å². The molecule has 0 spiro atoms. The number of rotatable bonds is 8. The molecular formula is C15H19NO4. The number of carboxylic acids is 1. The fourth-order valence-corrected chi connectivity index (χ4v) is 1.86. The van der Waals surface area contributed by atoms with Crippen molar-refractivity contribution in [1.82, 2.24) is 5.32 Å². The SMILES string of the molecule is C=CCNC(CC(=O)O)C(=O)c1cc(C)ccc1OC. The molecule has 0 aliphatic carbocycles. The van der Waals surface area contributed by atoms with Crippen LogP contribution in [-0.2, 0) is 4.79 Å². The Labute approximate surface area is 118 Å². The molecule has 1 unspecified atom stereocenters. The van der Waals surface area contributed by atoms with Crippen molar-refractivity contribution >= 4 is 11.8 Å². The zero-order valence-corrected chi connectivity index (χ0v) is 11.7. The summed E-state index contributed by atoms with van der Waals surface area (Å²) < 4.78 is 5.16. The molecule has 0 bridgehead atoms. The number of carbonyl (C=O) groups is 2. The smallest absolute Gasteiger partial charge is 0.305 e.